The number of halogens is 1. The largest absolute Gasteiger partial charge is 0.380 e. The van der Waals surface area contributed by atoms with Crippen LogP contribution in [-0.4, -0.2) is 16.2 Å². The molecule has 1 fully saturated rings. The van der Waals surface area contributed by atoms with E-state index in [1.165, 1.54) is 18.4 Å². The molecule has 0 saturated heterocycles. The van der Waals surface area contributed by atoms with E-state index in [4.69, 9.17) is 0 Å². The highest BCUT2D eigenvalue weighted by Gasteiger charge is 2.30. The number of aromatic nitrogens is 2. The lowest BCUT2D eigenvalue weighted by molar-refractivity contribution is 0.374. The average molecular weight is 292 g/mol. The molecule has 3 rings (SSSR count). The molecule has 0 amide bonds. The Balaban J connectivity index is 1.56. The molecule has 1 aliphatic carbocycles. The van der Waals surface area contributed by atoms with E-state index in [1.54, 1.807) is 0 Å². The van der Waals surface area contributed by atoms with E-state index in [2.05, 4.69) is 55.7 Å². The molecular weight excluding hydrogens is 278 g/mol. The second kappa shape index (κ2) is 4.53. The van der Waals surface area contributed by atoms with Crippen LogP contribution in [0, 0.1) is 0 Å². The van der Waals surface area contributed by atoms with Crippen molar-refractivity contribution in [3.8, 4) is 0 Å². The minimum absolute atomic E-state index is 0.584. The summed E-state index contributed by atoms with van der Waals surface area (Å²) in [4.78, 5) is 0. The van der Waals surface area contributed by atoms with Gasteiger partial charge in [0.05, 0.1) is 11.9 Å². The fraction of sp³-hybridized carbons (Fsp3) is 0.308. The van der Waals surface area contributed by atoms with Crippen LogP contribution < -0.4 is 5.32 Å². The van der Waals surface area contributed by atoms with Gasteiger partial charge in [-0.05, 0) is 36.5 Å². The molecule has 1 heterocycles. The molecule has 0 unspecified atom stereocenters. The monoisotopic (exact) mass is 291 g/mol. The third-order valence-corrected chi connectivity index (χ3v) is 3.88. The van der Waals surface area contributed by atoms with Crippen LogP contribution in [0.4, 0.5) is 5.69 Å². The molecule has 0 aliphatic heterocycles. The summed E-state index contributed by atoms with van der Waals surface area (Å²) in [5.74, 6) is 0.701. The Morgan fingerprint density at radius 1 is 1.24 bits per heavy atom. The maximum absolute atomic E-state index is 3.93. The number of hydrogen-bond donors (Lipinski definition) is 2. The van der Waals surface area contributed by atoms with Crippen molar-refractivity contribution >= 4 is 21.6 Å². The SMILES string of the molecule is Brc1ccc(C2CC(Nc3cn[nH]c3)C2)cc1. The molecule has 0 atom stereocenters. The van der Waals surface area contributed by atoms with Crippen LogP contribution >= 0.6 is 15.9 Å². The van der Waals surface area contributed by atoms with Gasteiger partial charge in [0, 0.05) is 16.7 Å². The normalized spacial score (nSPS) is 23.1. The number of nitrogens with one attached hydrogen (secondary N) is 2. The van der Waals surface area contributed by atoms with Crippen molar-refractivity contribution in [1.29, 1.82) is 0 Å². The van der Waals surface area contributed by atoms with Gasteiger partial charge in [0.1, 0.15) is 0 Å². The summed E-state index contributed by atoms with van der Waals surface area (Å²) >= 11 is 3.46. The van der Waals surface area contributed by atoms with E-state index in [9.17, 15) is 0 Å². The van der Waals surface area contributed by atoms with Crippen molar-refractivity contribution in [2.45, 2.75) is 24.8 Å². The fourth-order valence-electron chi connectivity index (χ4n) is 2.31. The smallest absolute Gasteiger partial charge is 0.0725 e. The molecule has 1 aliphatic rings. The summed E-state index contributed by atoms with van der Waals surface area (Å²) < 4.78 is 1.15. The molecular formula is C13H14BrN3. The molecule has 2 aromatic rings. The third kappa shape index (κ3) is 2.36. The Hall–Kier alpha value is -1.29. The maximum Gasteiger partial charge on any atom is 0.0725 e. The van der Waals surface area contributed by atoms with E-state index in [0.717, 1.165) is 10.2 Å². The van der Waals surface area contributed by atoms with Gasteiger partial charge in [-0.3, -0.25) is 5.10 Å². The quantitative estimate of drug-likeness (QED) is 0.908. The van der Waals surface area contributed by atoms with Gasteiger partial charge in [0.2, 0.25) is 0 Å². The predicted molar refractivity (Wildman–Crippen MR) is 72.1 cm³/mol. The van der Waals surface area contributed by atoms with Gasteiger partial charge in [0.15, 0.2) is 0 Å². The summed E-state index contributed by atoms with van der Waals surface area (Å²) in [5, 5.41) is 10.2. The van der Waals surface area contributed by atoms with Gasteiger partial charge < -0.3 is 5.32 Å². The van der Waals surface area contributed by atoms with Crippen LogP contribution in [0.3, 0.4) is 0 Å². The molecule has 17 heavy (non-hydrogen) atoms. The highest BCUT2D eigenvalue weighted by molar-refractivity contribution is 9.10. The van der Waals surface area contributed by atoms with Crippen LogP contribution in [0.2, 0.25) is 0 Å². The predicted octanol–water partition coefficient (Wildman–Crippen LogP) is 3.53. The summed E-state index contributed by atoms with van der Waals surface area (Å²) in [5.41, 5.74) is 2.53. The van der Waals surface area contributed by atoms with E-state index < -0.39 is 0 Å². The Morgan fingerprint density at radius 2 is 2.00 bits per heavy atom. The number of nitrogens with zero attached hydrogens (tertiary/aromatic N) is 1. The summed E-state index contributed by atoms with van der Waals surface area (Å²) in [6.07, 6.45) is 6.12. The van der Waals surface area contributed by atoms with Crippen molar-refractivity contribution < 1.29 is 0 Å². The van der Waals surface area contributed by atoms with Gasteiger partial charge in [-0.1, -0.05) is 28.1 Å². The van der Waals surface area contributed by atoms with Crippen molar-refractivity contribution in [3.05, 3.63) is 46.7 Å². The van der Waals surface area contributed by atoms with Gasteiger partial charge in [-0.25, -0.2) is 0 Å². The molecule has 1 aromatic heterocycles. The number of H-pyrrole nitrogens is 1. The van der Waals surface area contributed by atoms with E-state index in [0.29, 0.717) is 12.0 Å². The van der Waals surface area contributed by atoms with E-state index >= 15 is 0 Å². The number of anilines is 1. The number of aromatic amines is 1. The van der Waals surface area contributed by atoms with Crippen molar-refractivity contribution in [1.82, 2.24) is 10.2 Å². The van der Waals surface area contributed by atoms with Crippen LogP contribution in [0.25, 0.3) is 0 Å². The first-order valence-electron chi connectivity index (χ1n) is 5.82. The minimum Gasteiger partial charge on any atom is -0.380 e. The highest BCUT2D eigenvalue weighted by Crippen LogP contribution is 2.38. The van der Waals surface area contributed by atoms with Crippen molar-refractivity contribution in [3.63, 3.8) is 0 Å². The fourth-order valence-corrected chi connectivity index (χ4v) is 2.57. The van der Waals surface area contributed by atoms with Gasteiger partial charge in [-0.15, -0.1) is 0 Å². The zero-order valence-corrected chi connectivity index (χ0v) is 10.9. The Bertz CT molecular complexity index is 472. The summed E-state index contributed by atoms with van der Waals surface area (Å²) in [6.45, 7) is 0. The lowest BCUT2D eigenvalue weighted by Crippen LogP contribution is -2.33. The molecule has 0 spiro atoms. The summed E-state index contributed by atoms with van der Waals surface area (Å²) in [7, 11) is 0. The lowest BCUT2D eigenvalue weighted by Gasteiger charge is -2.36. The number of hydrogen-bond acceptors (Lipinski definition) is 2. The molecule has 0 bridgehead atoms. The summed E-state index contributed by atoms with van der Waals surface area (Å²) in [6, 6.07) is 9.24. The van der Waals surface area contributed by atoms with Crippen LogP contribution in [0.1, 0.15) is 24.3 Å². The Morgan fingerprint density at radius 3 is 2.65 bits per heavy atom. The molecule has 1 aromatic carbocycles. The number of rotatable bonds is 3. The van der Waals surface area contributed by atoms with Crippen LogP contribution in [-0.2, 0) is 0 Å². The molecule has 1 saturated carbocycles. The Labute approximate surface area is 109 Å². The van der Waals surface area contributed by atoms with E-state index in [-0.39, 0.29) is 0 Å². The Kier molecular flexibility index (Phi) is 2.89. The molecule has 3 nitrogen and oxygen atoms in total. The van der Waals surface area contributed by atoms with Crippen LogP contribution in [0.15, 0.2) is 41.1 Å². The van der Waals surface area contributed by atoms with Crippen LogP contribution in [0.5, 0.6) is 0 Å². The van der Waals surface area contributed by atoms with Crippen molar-refractivity contribution in [2.75, 3.05) is 5.32 Å². The standard InChI is InChI=1S/C13H14BrN3/c14-11-3-1-9(2-4-11)10-5-12(6-10)17-13-7-15-16-8-13/h1-4,7-8,10,12,17H,5-6H2,(H,15,16). The average Bonchev–Trinajstić information content (AvgIpc) is 2.77. The number of benzene rings is 1. The molecule has 2 N–H and O–H groups in total. The second-order valence-corrected chi connectivity index (χ2v) is 5.46. The zero-order chi connectivity index (χ0) is 11.7. The molecule has 4 heteroatoms. The van der Waals surface area contributed by atoms with Gasteiger partial charge in [0.25, 0.3) is 0 Å². The first kappa shape index (κ1) is 10.8. The van der Waals surface area contributed by atoms with Gasteiger partial charge >= 0.3 is 0 Å². The maximum atomic E-state index is 3.93. The van der Waals surface area contributed by atoms with Gasteiger partial charge in [-0.2, -0.15) is 5.10 Å². The lowest BCUT2D eigenvalue weighted by atomic mass is 9.76. The zero-order valence-electron chi connectivity index (χ0n) is 9.36. The van der Waals surface area contributed by atoms with Crippen molar-refractivity contribution in [2.24, 2.45) is 0 Å². The molecule has 88 valence electrons. The first-order chi connectivity index (χ1) is 8.31. The molecule has 0 radical (unpaired) electrons. The first-order valence-corrected chi connectivity index (χ1v) is 6.61. The third-order valence-electron chi connectivity index (χ3n) is 3.35. The van der Waals surface area contributed by atoms with E-state index in [1.807, 2.05) is 12.4 Å². The highest BCUT2D eigenvalue weighted by atomic mass is 79.9. The second-order valence-electron chi connectivity index (χ2n) is 4.55. The minimum atomic E-state index is 0.584. The topological polar surface area (TPSA) is 40.7 Å².